The third kappa shape index (κ3) is 4.43. The van der Waals surface area contributed by atoms with Gasteiger partial charge in [0, 0.05) is 19.9 Å². The average molecular weight is 373 g/mol. The highest BCUT2D eigenvalue weighted by molar-refractivity contribution is 7.99. The van der Waals surface area contributed by atoms with Gasteiger partial charge in [0.1, 0.15) is 5.82 Å². The van der Waals surface area contributed by atoms with Crippen LogP contribution < -0.4 is 11.1 Å². The fourth-order valence-electron chi connectivity index (χ4n) is 3.19. The van der Waals surface area contributed by atoms with Gasteiger partial charge in [-0.1, -0.05) is 36.0 Å². The number of nitrogens with zero attached hydrogens (tertiary/aromatic N) is 3. The van der Waals surface area contributed by atoms with Crippen molar-refractivity contribution in [3.63, 3.8) is 0 Å². The van der Waals surface area contributed by atoms with Gasteiger partial charge in [-0.25, -0.2) is 0 Å². The predicted octanol–water partition coefficient (Wildman–Crippen LogP) is 1.52. The molecule has 3 rings (SSSR count). The molecule has 1 aliphatic rings. The number of hydrogen-bond acceptors (Lipinski definition) is 5. The molecule has 0 radical (unpaired) electrons. The summed E-state index contributed by atoms with van der Waals surface area (Å²) in [6.45, 7) is 0. The molecule has 0 bridgehead atoms. The van der Waals surface area contributed by atoms with E-state index in [9.17, 15) is 9.59 Å². The van der Waals surface area contributed by atoms with E-state index < -0.39 is 0 Å². The number of carbonyl (C=O) groups is 2. The number of fused-ring (bicyclic) bond motifs is 1. The lowest BCUT2D eigenvalue weighted by Gasteiger charge is -2.26. The van der Waals surface area contributed by atoms with Crippen molar-refractivity contribution < 1.29 is 9.59 Å². The lowest BCUT2D eigenvalue weighted by atomic mass is 9.88. The molecule has 2 amide bonds. The molecule has 0 fully saturated rings. The highest BCUT2D eigenvalue weighted by Gasteiger charge is 2.21. The molecule has 3 N–H and O–H groups in total. The molecule has 0 saturated heterocycles. The Labute approximate surface area is 156 Å². The Balaban J connectivity index is 1.55. The minimum Gasteiger partial charge on any atom is -0.370 e. The third-order valence-electron chi connectivity index (χ3n) is 4.56. The van der Waals surface area contributed by atoms with Crippen molar-refractivity contribution in [2.45, 2.75) is 43.3 Å². The molecule has 0 saturated carbocycles. The summed E-state index contributed by atoms with van der Waals surface area (Å²) < 4.78 is 1.80. The maximum absolute atomic E-state index is 12.4. The van der Waals surface area contributed by atoms with Crippen molar-refractivity contribution in [3.8, 4) is 0 Å². The molecule has 138 valence electrons. The molecule has 26 heavy (non-hydrogen) atoms. The summed E-state index contributed by atoms with van der Waals surface area (Å²) in [6, 6.07) is 8.38. The smallest absolute Gasteiger partial charge is 0.230 e. The predicted molar refractivity (Wildman–Crippen MR) is 99.5 cm³/mol. The molecular weight excluding hydrogens is 350 g/mol. The van der Waals surface area contributed by atoms with Gasteiger partial charge in [-0.3, -0.25) is 9.59 Å². The van der Waals surface area contributed by atoms with Gasteiger partial charge < -0.3 is 15.6 Å². The molecule has 1 heterocycles. The molecule has 0 aliphatic heterocycles. The second kappa shape index (κ2) is 8.35. The van der Waals surface area contributed by atoms with Gasteiger partial charge in [0.15, 0.2) is 5.16 Å². The maximum Gasteiger partial charge on any atom is 0.230 e. The molecule has 1 aromatic carbocycles. The number of aromatic nitrogens is 3. The molecular formula is C18H23N5O2S. The summed E-state index contributed by atoms with van der Waals surface area (Å²) in [5.74, 6) is 0.584. The van der Waals surface area contributed by atoms with Crippen molar-refractivity contribution >= 4 is 23.6 Å². The number of hydrogen-bond donors (Lipinski definition) is 2. The topological polar surface area (TPSA) is 103 Å². The zero-order valence-electron chi connectivity index (χ0n) is 14.8. The summed E-state index contributed by atoms with van der Waals surface area (Å²) in [5.41, 5.74) is 7.71. The van der Waals surface area contributed by atoms with E-state index in [4.69, 9.17) is 5.73 Å². The van der Waals surface area contributed by atoms with Crippen molar-refractivity contribution in [2.24, 2.45) is 12.8 Å². The van der Waals surface area contributed by atoms with Crippen LogP contribution in [0.15, 0.2) is 29.4 Å². The van der Waals surface area contributed by atoms with Crippen molar-refractivity contribution in [3.05, 3.63) is 41.2 Å². The van der Waals surface area contributed by atoms with E-state index in [1.807, 2.05) is 19.2 Å². The Morgan fingerprint density at radius 2 is 2.15 bits per heavy atom. The standard InChI is InChI=1S/C18H23N5O2S/c1-23-16(10-9-15(19)24)21-22-18(23)26-11-17(25)20-14-8-4-6-12-5-2-3-7-13(12)14/h2-3,5,7,14H,4,6,8-11H2,1H3,(H2,19,24)(H,20,25)/t14-/m1/s1. The Hall–Kier alpha value is -2.35. The largest absolute Gasteiger partial charge is 0.370 e. The fourth-order valence-corrected chi connectivity index (χ4v) is 3.93. The quantitative estimate of drug-likeness (QED) is 0.716. The number of carbonyl (C=O) groups excluding carboxylic acids is 2. The van der Waals surface area contributed by atoms with Crippen LogP contribution in [0.5, 0.6) is 0 Å². The van der Waals surface area contributed by atoms with Crippen molar-refractivity contribution in [1.29, 1.82) is 0 Å². The van der Waals surface area contributed by atoms with Crippen molar-refractivity contribution in [2.75, 3.05) is 5.75 Å². The Kier molecular flexibility index (Phi) is 5.92. The normalized spacial score (nSPS) is 16.1. The summed E-state index contributed by atoms with van der Waals surface area (Å²) >= 11 is 1.34. The molecule has 2 aromatic rings. The van der Waals surface area contributed by atoms with Crippen molar-refractivity contribution in [1.82, 2.24) is 20.1 Å². The number of aryl methyl sites for hydroxylation is 2. The van der Waals surface area contributed by atoms with E-state index in [0.29, 0.717) is 17.4 Å². The van der Waals surface area contributed by atoms with Crippen LogP contribution in [0.2, 0.25) is 0 Å². The van der Waals surface area contributed by atoms with Gasteiger partial charge in [-0.2, -0.15) is 0 Å². The summed E-state index contributed by atoms with van der Waals surface area (Å²) in [5, 5.41) is 11.9. The van der Waals surface area contributed by atoms with Crippen LogP contribution in [0, 0.1) is 0 Å². The second-order valence-corrected chi connectivity index (χ2v) is 7.37. The average Bonchev–Trinajstić information content (AvgIpc) is 2.98. The first-order valence-corrected chi connectivity index (χ1v) is 9.69. The number of amides is 2. The molecule has 0 spiro atoms. The number of primary amides is 1. The summed E-state index contributed by atoms with van der Waals surface area (Å²) in [4.78, 5) is 23.3. The molecule has 1 aromatic heterocycles. The van der Waals surface area contributed by atoms with Gasteiger partial charge in [0.25, 0.3) is 0 Å². The van der Waals surface area contributed by atoms with Crippen LogP contribution in [0.1, 0.15) is 42.3 Å². The minimum absolute atomic E-state index is 0.0154. The molecule has 1 aliphatic carbocycles. The second-order valence-electron chi connectivity index (χ2n) is 6.42. The number of thioether (sulfide) groups is 1. The van der Waals surface area contributed by atoms with E-state index in [1.165, 1.54) is 22.9 Å². The van der Waals surface area contributed by atoms with Crippen LogP contribution in [-0.4, -0.2) is 32.3 Å². The van der Waals surface area contributed by atoms with E-state index in [0.717, 1.165) is 19.3 Å². The SMILES string of the molecule is Cn1c(CCC(N)=O)nnc1SCC(=O)N[C@@H]1CCCc2ccccc21. The molecule has 7 nitrogen and oxygen atoms in total. The Bertz CT molecular complexity index is 805. The van der Waals surface area contributed by atoms with Gasteiger partial charge in [0.2, 0.25) is 11.8 Å². The van der Waals surface area contributed by atoms with Crippen LogP contribution >= 0.6 is 11.8 Å². The van der Waals surface area contributed by atoms with Gasteiger partial charge in [-0.15, -0.1) is 10.2 Å². The van der Waals surface area contributed by atoms with E-state index in [1.54, 1.807) is 4.57 Å². The first kappa shape index (κ1) is 18.4. The number of rotatable bonds is 7. The third-order valence-corrected chi connectivity index (χ3v) is 5.58. The van der Waals surface area contributed by atoms with Crippen LogP contribution in [0.25, 0.3) is 0 Å². The van der Waals surface area contributed by atoms with Crippen LogP contribution in [0.4, 0.5) is 0 Å². The first-order valence-electron chi connectivity index (χ1n) is 8.71. The molecule has 1 atom stereocenters. The van der Waals surface area contributed by atoms with E-state index >= 15 is 0 Å². The van der Waals surface area contributed by atoms with E-state index in [-0.39, 0.29) is 30.0 Å². The zero-order valence-corrected chi connectivity index (χ0v) is 15.6. The monoisotopic (exact) mass is 373 g/mol. The fraction of sp³-hybridized carbons (Fsp3) is 0.444. The van der Waals surface area contributed by atoms with Crippen LogP contribution in [0.3, 0.4) is 0 Å². The molecule has 0 unspecified atom stereocenters. The van der Waals surface area contributed by atoms with Crippen LogP contribution in [-0.2, 0) is 29.5 Å². The zero-order chi connectivity index (χ0) is 18.5. The number of nitrogens with one attached hydrogen (secondary N) is 1. The van der Waals surface area contributed by atoms with E-state index in [2.05, 4.69) is 27.6 Å². The minimum atomic E-state index is -0.366. The highest BCUT2D eigenvalue weighted by Crippen LogP contribution is 2.29. The highest BCUT2D eigenvalue weighted by atomic mass is 32.2. The van der Waals surface area contributed by atoms with Gasteiger partial charge in [0.05, 0.1) is 11.8 Å². The number of benzene rings is 1. The lowest BCUT2D eigenvalue weighted by molar-refractivity contribution is -0.119. The summed E-state index contributed by atoms with van der Waals surface area (Å²) in [6.07, 6.45) is 3.81. The Morgan fingerprint density at radius 1 is 1.35 bits per heavy atom. The maximum atomic E-state index is 12.4. The van der Waals surface area contributed by atoms with Gasteiger partial charge >= 0.3 is 0 Å². The molecule has 8 heteroatoms. The number of nitrogens with two attached hydrogens (primary N) is 1. The Morgan fingerprint density at radius 3 is 2.96 bits per heavy atom. The summed E-state index contributed by atoms with van der Waals surface area (Å²) in [7, 11) is 1.83. The lowest BCUT2D eigenvalue weighted by Crippen LogP contribution is -2.32. The first-order chi connectivity index (χ1) is 12.5. The van der Waals surface area contributed by atoms with Gasteiger partial charge in [-0.05, 0) is 30.4 Å².